The van der Waals surface area contributed by atoms with Crippen LogP contribution in [0.15, 0.2) is 194 Å². The van der Waals surface area contributed by atoms with Crippen LogP contribution in [0.2, 0.25) is 0 Å². The lowest BCUT2D eigenvalue weighted by molar-refractivity contribution is 0.332. The number of hydrogen-bond acceptors (Lipinski definition) is 2. The van der Waals surface area contributed by atoms with E-state index >= 15 is 0 Å². The maximum atomic E-state index is 9.54. The van der Waals surface area contributed by atoms with Crippen molar-refractivity contribution in [1.82, 2.24) is 0 Å². The van der Waals surface area contributed by atoms with Gasteiger partial charge in [-0.1, -0.05) is 229 Å². The van der Waals surface area contributed by atoms with Crippen molar-refractivity contribution in [3.63, 3.8) is 0 Å². The minimum absolute atomic E-state index is 0.0141. The van der Waals surface area contributed by atoms with E-state index in [1.165, 1.54) is 55.4 Å². The zero-order valence-corrected chi connectivity index (χ0v) is 49.3. The summed E-state index contributed by atoms with van der Waals surface area (Å²) < 4.78 is 28.6. The van der Waals surface area contributed by atoms with Crippen LogP contribution >= 0.6 is 0 Å². The summed E-state index contributed by atoms with van der Waals surface area (Å²) in [5, 5.41) is 0. The number of rotatable bonds is 8. The number of fused-ring (bicyclic) bond motifs is 6. The van der Waals surface area contributed by atoms with Gasteiger partial charge in [0.2, 0.25) is 0 Å². The zero-order valence-electron chi connectivity index (χ0n) is 52.3. The Bertz CT molecular complexity index is 3960. The lowest BCUT2D eigenvalue weighted by Crippen LogP contribution is -2.62. The first-order valence-electron chi connectivity index (χ1n) is 31.0. The molecule has 4 aliphatic rings. The highest BCUT2D eigenvalue weighted by atomic mass is 15.2. The van der Waals surface area contributed by atoms with Gasteiger partial charge in [0.15, 0.2) is 0 Å². The van der Waals surface area contributed by atoms with Gasteiger partial charge in [0.25, 0.3) is 6.71 Å². The van der Waals surface area contributed by atoms with Crippen LogP contribution in [0, 0.1) is 6.85 Å². The SMILES string of the molecule is [2H]C([2H])([2H])c1cc2c3c(c1)N(c1c(-c4ccccc4)cc(C(C)(C)c4ccccc4)cc1-c1ccccc1)c1cc(C(C)(C)c4ccccc4)ccc1B3c1cc3c(cc1N2c1ccc2c(c1)C(C)(C)CCC2(C)C)C(C)(C)CCC3(C)C. The molecule has 3 heteroatoms. The van der Waals surface area contributed by atoms with Gasteiger partial charge in [-0.15, -0.1) is 0 Å². The Kier molecular flexibility index (Phi) is 11.1. The quantitative estimate of drug-likeness (QED) is 0.140. The summed E-state index contributed by atoms with van der Waals surface area (Å²) in [7, 11) is 0. The molecule has 0 unspecified atom stereocenters. The molecule has 0 amide bonds. The summed E-state index contributed by atoms with van der Waals surface area (Å²) in [6.07, 6.45) is 4.36. The van der Waals surface area contributed by atoms with Gasteiger partial charge in [-0.3, -0.25) is 0 Å². The smallest absolute Gasteiger partial charge is 0.252 e. The highest BCUT2D eigenvalue weighted by molar-refractivity contribution is 7.00. The van der Waals surface area contributed by atoms with Crippen molar-refractivity contribution in [2.75, 3.05) is 9.80 Å². The first kappa shape index (κ1) is 48.5. The molecule has 9 aromatic rings. The average Bonchev–Trinajstić information content (AvgIpc) is 2.16. The second-order valence-corrected chi connectivity index (χ2v) is 27.7. The number of aryl methyl sites for hydroxylation is 1. The fraction of sp³-hybridized carbons (Fsp3) is 0.299. The van der Waals surface area contributed by atoms with Crippen LogP contribution in [0.4, 0.5) is 34.1 Å². The van der Waals surface area contributed by atoms with Crippen LogP contribution in [0.25, 0.3) is 22.3 Å². The molecule has 0 N–H and O–H groups in total. The van der Waals surface area contributed by atoms with Gasteiger partial charge < -0.3 is 9.80 Å². The number of hydrogen-bond donors (Lipinski definition) is 0. The van der Waals surface area contributed by atoms with E-state index < -0.39 is 17.7 Å². The number of benzene rings is 9. The van der Waals surface area contributed by atoms with E-state index in [4.69, 9.17) is 0 Å². The molecule has 0 saturated heterocycles. The molecule has 0 bridgehead atoms. The molecule has 2 aliphatic carbocycles. The van der Waals surface area contributed by atoms with E-state index in [1.54, 1.807) is 0 Å². The van der Waals surface area contributed by atoms with Gasteiger partial charge in [0, 0.05) is 54.5 Å². The molecule has 0 aromatic heterocycles. The van der Waals surface area contributed by atoms with Gasteiger partial charge in [-0.2, -0.15) is 0 Å². The monoisotopic (exact) mass is 1050 g/mol. The molecule has 0 radical (unpaired) electrons. The zero-order chi connectivity index (χ0) is 58.4. The summed E-state index contributed by atoms with van der Waals surface area (Å²) in [5.74, 6) is 0. The lowest BCUT2D eigenvalue weighted by Gasteiger charge is -2.48. The second-order valence-electron chi connectivity index (χ2n) is 27.7. The summed E-state index contributed by atoms with van der Waals surface area (Å²) in [4.78, 5) is 5.01. The van der Waals surface area contributed by atoms with Crippen molar-refractivity contribution >= 4 is 57.2 Å². The third-order valence-corrected chi connectivity index (χ3v) is 20.1. The molecule has 2 nitrogen and oxygen atoms in total. The van der Waals surface area contributed by atoms with Gasteiger partial charge in [-0.25, -0.2) is 0 Å². The number of nitrogens with zero attached hydrogens (tertiary/aromatic N) is 2. The molecule has 0 spiro atoms. The fourth-order valence-electron chi connectivity index (χ4n) is 14.6. The molecule has 80 heavy (non-hydrogen) atoms. The van der Waals surface area contributed by atoms with Gasteiger partial charge in [-0.05, 0) is 180 Å². The predicted octanol–water partition coefficient (Wildman–Crippen LogP) is 18.8. The summed E-state index contributed by atoms with van der Waals surface area (Å²) >= 11 is 0. The Labute approximate surface area is 483 Å². The third-order valence-electron chi connectivity index (χ3n) is 20.1. The normalized spacial score (nSPS) is 17.9. The minimum atomic E-state index is -2.45. The van der Waals surface area contributed by atoms with E-state index in [-0.39, 0.29) is 28.4 Å². The molecule has 0 saturated carbocycles. The van der Waals surface area contributed by atoms with Crippen molar-refractivity contribution in [1.29, 1.82) is 0 Å². The van der Waals surface area contributed by atoms with Crippen molar-refractivity contribution < 1.29 is 4.11 Å². The molecule has 13 rings (SSSR count). The maximum absolute atomic E-state index is 9.54. The van der Waals surface area contributed by atoms with E-state index in [1.807, 2.05) is 6.07 Å². The highest BCUT2D eigenvalue weighted by Gasteiger charge is 2.48. The highest BCUT2D eigenvalue weighted by Crippen LogP contribution is 2.55. The summed E-state index contributed by atoms with van der Waals surface area (Å²) in [6.45, 7) is 26.0. The Balaban J connectivity index is 1.21. The van der Waals surface area contributed by atoms with Crippen LogP contribution < -0.4 is 26.2 Å². The molecular weight excluding hydrogens is 964 g/mol. The Morgan fingerprint density at radius 2 is 0.838 bits per heavy atom. The average molecular weight is 1050 g/mol. The summed E-state index contributed by atoms with van der Waals surface area (Å²) in [6, 6.07) is 72.1. The van der Waals surface area contributed by atoms with Gasteiger partial charge >= 0.3 is 0 Å². The second kappa shape index (κ2) is 18.3. The molecule has 400 valence electrons. The summed E-state index contributed by atoms with van der Waals surface area (Å²) in [5.41, 5.74) is 23.6. The molecule has 9 aromatic carbocycles. The van der Waals surface area contributed by atoms with Gasteiger partial charge in [0.1, 0.15) is 0 Å². The van der Waals surface area contributed by atoms with E-state index in [9.17, 15) is 4.11 Å². The topological polar surface area (TPSA) is 6.48 Å². The molecule has 2 aliphatic heterocycles. The van der Waals surface area contributed by atoms with Gasteiger partial charge in [0.05, 0.1) is 5.69 Å². The molecule has 2 heterocycles. The lowest BCUT2D eigenvalue weighted by atomic mass is 9.33. The standard InChI is InChI=1S/C77H79BN2/c1-50-42-68-70-69(43-50)80(71-58(51-26-18-14-19-27-51)44-56(45-59(71)52-28-20-15-21-29-52)77(12,13)54-32-24-17-25-33-54)66-46-55(76(10,11)53-30-22-16-23-31-53)34-37-64(66)78(70)65-48-62-63(75(8,9)41-40-74(62,6)7)49-67(65)79(68)57-35-36-60-61(47-57)73(4,5)39-38-72(60,2)3/h14-37,42-49H,38-41H2,1-13H3/i1D3. The molecule has 0 fully saturated rings. The maximum Gasteiger partial charge on any atom is 0.252 e. The Morgan fingerprint density at radius 1 is 0.388 bits per heavy atom. The number of anilines is 6. The van der Waals surface area contributed by atoms with Crippen LogP contribution in [0.3, 0.4) is 0 Å². The Morgan fingerprint density at radius 3 is 1.36 bits per heavy atom. The largest absolute Gasteiger partial charge is 0.311 e. The first-order chi connectivity index (χ1) is 39.3. The van der Waals surface area contributed by atoms with Crippen molar-refractivity contribution in [3.05, 3.63) is 244 Å². The predicted molar refractivity (Wildman–Crippen MR) is 344 cm³/mol. The third kappa shape index (κ3) is 8.18. The van der Waals surface area contributed by atoms with Crippen LogP contribution in [-0.4, -0.2) is 6.71 Å². The minimum Gasteiger partial charge on any atom is -0.311 e. The van der Waals surface area contributed by atoms with E-state index in [0.29, 0.717) is 5.56 Å². The van der Waals surface area contributed by atoms with Crippen molar-refractivity contribution in [2.45, 2.75) is 148 Å². The van der Waals surface area contributed by atoms with Crippen molar-refractivity contribution in [3.8, 4) is 22.3 Å². The Hall–Kier alpha value is -7.36. The van der Waals surface area contributed by atoms with Crippen molar-refractivity contribution in [2.24, 2.45) is 0 Å². The molecular formula is C77H79BN2. The van der Waals surface area contributed by atoms with E-state index in [2.05, 4.69) is 281 Å². The van der Waals surface area contributed by atoms with E-state index in [0.717, 1.165) is 87.5 Å². The van der Waals surface area contributed by atoms with Crippen LogP contribution in [-0.2, 0) is 32.5 Å². The van der Waals surface area contributed by atoms with Crippen LogP contribution in [0.1, 0.15) is 163 Å². The first-order valence-corrected chi connectivity index (χ1v) is 29.5. The van der Waals surface area contributed by atoms with Crippen LogP contribution in [0.5, 0.6) is 0 Å². The molecule has 0 atom stereocenters. The fourth-order valence-corrected chi connectivity index (χ4v) is 14.6.